The van der Waals surface area contributed by atoms with Gasteiger partial charge in [0.2, 0.25) is 0 Å². The Labute approximate surface area is 250 Å². The molecule has 1 fully saturated rings. The summed E-state index contributed by atoms with van der Waals surface area (Å²) in [5, 5.41) is 26.2. The Balaban J connectivity index is 1.23. The highest BCUT2D eigenvalue weighted by Crippen LogP contribution is 2.43. The van der Waals surface area contributed by atoms with Crippen LogP contribution in [0.15, 0.2) is 71.8 Å². The Morgan fingerprint density at radius 3 is 2.52 bits per heavy atom. The minimum absolute atomic E-state index is 0.0820. The van der Waals surface area contributed by atoms with Gasteiger partial charge in [-0.2, -0.15) is 14.9 Å². The Morgan fingerprint density at radius 2 is 1.82 bits per heavy atom. The minimum Gasteiger partial charge on any atom is -0.453 e. The Kier molecular flexibility index (Phi) is 7.46. The quantitative estimate of drug-likeness (QED) is 0.189. The zero-order valence-corrected chi connectivity index (χ0v) is 24.1. The second-order valence-electron chi connectivity index (χ2n) is 11.5. The van der Waals surface area contributed by atoms with Crippen LogP contribution in [-0.4, -0.2) is 47.0 Å². The van der Waals surface area contributed by atoms with Crippen LogP contribution in [0.2, 0.25) is 0 Å². The lowest BCUT2D eigenvalue weighted by molar-refractivity contribution is 0.0107. The van der Waals surface area contributed by atoms with Crippen LogP contribution >= 0.6 is 0 Å². The summed E-state index contributed by atoms with van der Waals surface area (Å²) in [5.41, 5.74) is -1.35. The highest BCUT2D eigenvalue weighted by molar-refractivity contribution is 5.97. The van der Waals surface area contributed by atoms with Crippen molar-refractivity contribution in [3.63, 3.8) is 0 Å². The third-order valence-corrected chi connectivity index (χ3v) is 8.21. The van der Waals surface area contributed by atoms with Crippen molar-refractivity contribution >= 4 is 22.6 Å². The molecule has 0 amide bonds. The van der Waals surface area contributed by atoms with Gasteiger partial charge in [0.25, 0.3) is 5.56 Å². The van der Waals surface area contributed by atoms with E-state index in [9.17, 15) is 19.1 Å². The maximum Gasteiger partial charge on any atom is 0.282 e. The Morgan fingerprint density at radius 1 is 1.07 bits per heavy atom. The summed E-state index contributed by atoms with van der Waals surface area (Å²) < 4.78 is 35.6. The summed E-state index contributed by atoms with van der Waals surface area (Å²) in [7, 11) is 0. The lowest BCUT2D eigenvalue weighted by Gasteiger charge is -2.41. The van der Waals surface area contributed by atoms with Crippen molar-refractivity contribution in [2.24, 2.45) is 0 Å². The maximum absolute atomic E-state index is 15.3. The van der Waals surface area contributed by atoms with Crippen LogP contribution in [0.5, 0.6) is 11.5 Å². The van der Waals surface area contributed by atoms with Gasteiger partial charge in [-0.05, 0) is 74.7 Å². The first-order valence-electron chi connectivity index (χ1n) is 14.2. The van der Waals surface area contributed by atoms with Crippen LogP contribution in [0.4, 0.5) is 14.6 Å². The van der Waals surface area contributed by atoms with Crippen molar-refractivity contribution in [1.82, 2.24) is 25.0 Å². The number of aromatic nitrogens is 5. The second kappa shape index (κ2) is 11.3. The molecule has 6 rings (SSSR count). The number of anilines is 1. The fourth-order valence-electron chi connectivity index (χ4n) is 5.72. The van der Waals surface area contributed by atoms with E-state index in [1.807, 2.05) is 0 Å². The van der Waals surface area contributed by atoms with E-state index >= 15 is 4.39 Å². The van der Waals surface area contributed by atoms with Gasteiger partial charge in [0, 0.05) is 24.9 Å². The standard InChI is InChI=1S/C32H30F2N6O4/c1-31(2,43)32(13-3-4-14-32)37-29-27-26(12-15-35-28(27)38-39-29)44-25-10-5-19(17-23(25)34)18-24(41)22-11-16-36-40(30(22)42)21-8-6-20(33)7-9-21/h5-12,15-17,43H,3-4,13-14,18H2,1-2H3,(H2,35,37,38,39). The van der Waals surface area contributed by atoms with Crippen LogP contribution in [0, 0.1) is 11.6 Å². The summed E-state index contributed by atoms with van der Waals surface area (Å²) in [6.45, 7) is 3.54. The van der Waals surface area contributed by atoms with E-state index in [0.29, 0.717) is 33.9 Å². The predicted octanol–water partition coefficient (Wildman–Crippen LogP) is 5.50. The van der Waals surface area contributed by atoms with Crippen molar-refractivity contribution in [2.45, 2.75) is 57.1 Å². The lowest BCUT2D eigenvalue weighted by atomic mass is 9.80. The molecule has 1 aliphatic carbocycles. The predicted molar refractivity (Wildman–Crippen MR) is 159 cm³/mol. The average molecular weight is 601 g/mol. The molecule has 226 valence electrons. The number of carbonyl (C=O) groups excluding carboxylic acids is 1. The largest absolute Gasteiger partial charge is 0.453 e. The molecule has 0 radical (unpaired) electrons. The van der Waals surface area contributed by atoms with Crippen LogP contribution in [0.25, 0.3) is 16.7 Å². The molecule has 0 bridgehead atoms. The molecule has 0 atom stereocenters. The molecule has 44 heavy (non-hydrogen) atoms. The highest BCUT2D eigenvalue weighted by Gasteiger charge is 2.46. The number of carbonyl (C=O) groups is 1. The number of nitrogens with zero attached hydrogens (tertiary/aromatic N) is 4. The first kappa shape index (κ1) is 29.1. The maximum atomic E-state index is 15.3. The lowest BCUT2D eigenvalue weighted by Crippen LogP contribution is -2.54. The van der Waals surface area contributed by atoms with Crippen molar-refractivity contribution < 1.29 is 23.4 Å². The number of Topliss-reactive ketones (excluding diaryl/α,β-unsaturated/α-hetero) is 1. The van der Waals surface area contributed by atoms with Crippen molar-refractivity contribution in [3.05, 3.63) is 100 Å². The molecule has 5 aromatic rings. The van der Waals surface area contributed by atoms with Gasteiger partial charge in [-0.3, -0.25) is 14.7 Å². The number of ketones is 1. The molecule has 2 aromatic carbocycles. The van der Waals surface area contributed by atoms with Gasteiger partial charge in [0.05, 0.1) is 22.4 Å². The molecule has 1 aliphatic rings. The number of fused-ring (bicyclic) bond motifs is 1. The fraction of sp³-hybridized carbons (Fsp3) is 0.281. The number of ether oxygens (including phenoxy) is 1. The van der Waals surface area contributed by atoms with Gasteiger partial charge in [0.1, 0.15) is 17.0 Å². The Bertz CT molecular complexity index is 1910. The number of rotatable bonds is 9. The highest BCUT2D eigenvalue weighted by atomic mass is 19.1. The second-order valence-corrected chi connectivity index (χ2v) is 11.5. The molecule has 10 nitrogen and oxygen atoms in total. The summed E-state index contributed by atoms with van der Waals surface area (Å²) in [6, 6.07) is 12.2. The average Bonchev–Trinajstić information content (AvgIpc) is 3.64. The van der Waals surface area contributed by atoms with Gasteiger partial charge in [-0.25, -0.2) is 13.8 Å². The summed E-state index contributed by atoms with van der Waals surface area (Å²) in [5.74, 6) is -1.04. The first-order chi connectivity index (χ1) is 21.0. The van der Waals surface area contributed by atoms with Gasteiger partial charge in [-0.15, -0.1) is 0 Å². The third-order valence-electron chi connectivity index (χ3n) is 8.21. The smallest absolute Gasteiger partial charge is 0.282 e. The van der Waals surface area contributed by atoms with E-state index in [2.05, 4.69) is 25.6 Å². The monoisotopic (exact) mass is 600 g/mol. The number of aliphatic hydroxyl groups is 1. The third kappa shape index (κ3) is 5.44. The molecule has 0 unspecified atom stereocenters. The fourth-order valence-corrected chi connectivity index (χ4v) is 5.72. The van der Waals surface area contributed by atoms with E-state index in [4.69, 9.17) is 4.74 Å². The topological polar surface area (TPSA) is 135 Å². The number of hydrogen-bond acceptors (Lipinski definition) is 8. The first-order valence-corrected chi connectivity index (χ1v) is 14.2. The molecule has 3 N–H and O–H groups in total. The van der Waals surface area contributed by atoms with Gasteiger partial charge >= 0.3 is 0 Å². The molecule has 3 aromatic heterocycles. The number of benzene rings is 2. The number of aromatic amines is 1. The Hall–Kier alpha value is -4.97. The zero-order chi connectivity index (χ0) is 31.1. The van der Waals surface area contributed by atoms with Crippen molar-refractivity contribution in [1.29, 1.82) is 0 Å². The van der Waals surface area contributed by atoms with E-state index in [1.54, 1.807) is 26.0 Å². The number of nitrogens with one attached hydrogen (secondary N) is 2. The van der Waals surface area contributed by atoms with Crippen molar-refractivity contribution in [2.75, 3.05) is 5.32 Å². The van der Waals surface area contributed by atoms with Gasteiger partial charge in [0.15, 0.2) is 28.8 Å². The van der Waals surface area contributed by atoms with E-state index in [1.165, 1.54) is 54.9 Å². The summed E-state index contributed by atoms with van der Waals surface area (Å²) in [4.78, 5) is 30.3. The van der Waals surface area contributed by atoms with Gasteiger partial charge in [-0.1, -0.05) is 18.9 Å². The van der Waals surface area contributed by atoms with E-state index in [-0.39, 0.29) is 17.7 Å². The normalized spacial score (nSPS) is 14.6. The van der Waals surface area contributed by atoms with Crippen LogP contribution in [0.3, 0.4) is 0 Å². The van der Waals surface area contributed by atoms with E-state index in [0.717, 1.165) is 30.4 Å². The molecule has 0 aliphatic heterocycles. The number of hydrogen-bond donors (Lipinski definition) is 3. The van der Waals surface area contributed by atoms with E-state index < -0.39 is 34.1 Å². The zero-order valence-electron chi connectivity index (χ0n) is 24.1. The number of halogens is 2. The summed E-state index contributed by atoms with van der Waals surface area (Å²) >= 11 is 0. The summed E-state index contributed by atoms with van der Waals surface area (Å²) in [6.07, 6.45) is 6.03. The number of H-pyrrole nitrogens is 1. The molecule has 0 saturated heterocycles. The minimum atomic E-state index is -1.03. The van der Waals surface area contributed by atoms with Crippen LogP contribution in [0.1, 0.15) is 55.5 Å². The van der Waals surface area contributed by atoms with Crippen LogP contribution in [-0.2, 0) is 6.42 Å². The molecule has 3 heterocycles. The molecule has 0 spiro atoms. The molecule has 12 heteroatoms. The molecular formula is C32H30F2N6O4. The molecule has 1 saturated carbocycles. The SMILES string of the molecule is CC(C)(O)C1(Nc2n[nH]c3nccc(Oc4ccc(CC(=O)c5ccnn(-c6ccc(F)cc6)c5=O)cc4F)c23)CCCC1. The molecular weight excluding hydrogens is 570 g/mol. The van der Waals surface area contributed by atoms with Crippen molar-refractivity contribution in [3.8, 4) is 17.2 Å². The van der Waals surface area contributed by atoms with Gasteiger partial charge < -0.3 is 15.2 Å². The van der Waals surface area contributed by atoms with Crippen LogP contribution < -0.4 is 15.6 Å². The number of pyridine rings is 1.